The van der Waals surface area contributed by atoms with E-state index < -0.39 is 18.2 Å². The Balaban J connectivity index is 2.51. The lowest BCUT2D eigenvalue weighted by Crippen LogP contribution is -2.28. The van der Waals surface area contributed by atoms with Crippen molar-refractivity contribution in [1.82, 2.24) is 10.3 Å². The van der Waals surface area contributed by atoms with Gasteiger partial charge in [0, 0.05) is 13.5 Å². The van der Waals surface area contributed by atoms with E-state index in [2.05, 4.69) is 10.3 Å². The molecule has 1 aromatic rings. The van der Waals surface area contributed by atoms with Crippen LogP contribution in [0, 0.1) is 5.95 Å². The maximum absolute atomic E-state index is 12.8. The summed E-state index contributed by atoms with van der Waals surface area (Å²) in [6.07, 6.45) is -2.20. The maximum atomic E-state index is 12.8. The van der Waals surface area contributed by atoms with Crippen molar-refractivity contribution in [2.75, 3.05) is 6.54 Å². The van der Waals surface area contributed by atoms with Gasteiger partial charge in [-0.15, -0.1) is 0 Å². The molecule has 3 N–H and O–H groups in total. The molecule has 0 aromatic carbocycles. The van der Waals surface area contributed by atoms with Gasteiger partial charge in [0.1, 0.15) is 6.10 Å². The van der Waals surface area contributed by atoms with Crippen LogP contribution in [0.1, 0.15) is 25.1 Å². The number of aliphatic hydroxyl groups is 2. The summed E-state index contributed by atoms with van der Waals surface area (Å²) in [4.78, 5) is 14.1. The van der Waals surface area contributed by atoms with Crippen LogP contribution in [0.4, 0.5) is 4.39 Å². The summed E-state index contributed by atoms with van der Waals surface area (Å²) >= 11 is 0. The van der Waals surface area contributed by atoms with E-state index in [4.69, 9.17) is 0 Å². The monoisotopic (exact) mass is 242 g/mol. The molecule has 1 aromatic heterocycles. The van der Waals surface area contributed by atoms with Crippen LogP contribution in [-0.4, -0.2) is 33.8 Å². The van der Waals surface area contributed by atoms with E-state index in [1.165, 1.54) is 19.1 Å². The molecule has 6 heteroatoms. The number of nitrogens with zero attached hydrogens (tertiary/aromatic N) is 1. The van der Waals surface area contributed by atoms with Crippen LogP contribution in [0.5, 0.6) is 0 Å². The Hall–Kier alpha value is -1.53. The molecule has 0 spiro atoms. The molecule has 1 rings (SSSR count). The predicted molar refractivity (Wildman–Crippen MR) is 58.5 cm³/mol. The molecular weight excluding hydrogens is 227 g/mol. The van der Waals surface area contributed by atoms with Crippen LogP contribution in [0.15, 0.2) is 18.2 Å². The highest BCUT2D eigenvalue weighted by atomic mass is 19.1. The van der Waals surface area contributed by atoms with Crippen LogP contribution in [0.2, 0.25) is 0 Å². The number of pyridine rings is 1. The molecule has 2 atom stereocenters. The summed E-state index contributed by atoms with van der Waals surface area (Å²) in [7, 11) is 0. The number of carbonyl (C=O) groups excluding carboxylic acids is 1. The fourth-order valence-corrected chi connectivity index (χ4v) is 1.34. The van der Waals surface area contributed by atoms with E-state index in [0.29, 0.717) is 0 Å². The molecule has 0 saturated carbocycles. The molecular formula is C11H15FN2O3. The number of halogens is 1. The van der Waals surface area contributed by atoms with Crippen LogP contribution in [0.3, 0.4) is 0 Å². The zero-order valence-corrected chi connectivity index (χ0v) is 9.43. The highest BCUT2D eigenvalue weighted by molar-refractivity contribution is 5.72. The van der Waals surface area contributed by atoms with Crippen molar-refractivity contribution >= 4 is 5.91 Å². The molecule has 0 fully saturated rings. The van der Waals surface area contributed by atoms with Gasteiger partial charge in [-0.05, 0) is 18.6 Å². The topological polar surface area (TPSA) is 82.5 Å². The first-order chi connectivity index (χ1) is 8.00. The van der Waals surface area contributed by atoms with Gasteiger partial charge in [0.2, 0.25) is 11.9 Å². The van der Waals surface area contributed by atoms with Gasteiger partial charge in [-0.2, -0.15) is 4.39 Å². The molecule has 0 aliphatic rings. The number of nitrogens with one attached hydrogen (secondary N) is 1. The summed E-state index contributed by atoms with van der Waals surface area (Å²) in [5, 5.41) is 21.8. The van der Waals surface area contributed by atoms with Crippen molar-refractivity contribution in [3.63, 3.8) is 0 Å². The third-order valence-corrected chi connectivity index (χ3v) is 2.22. The lowest BCUT2D eigenvalue weighted by atomic mass is 10.1. The van der Waals surface area contributed by atoms with Crippen molar-refractivity contribution in [3.8, 4) is 0 Å². The quantitative estimate of drug-likeness (QED) is 0.641. The highest BCUT2D eigenvalue weighted by Gasteiger charge is 2.19. The van der Waals surface area contributed by atoms with E-state index >= 15 is 0 Å². The largest absolute Gasteiger partial charge is 0.390 e. The van der Waals surface area contributed by atoms with E-state index in [1.54, 1.807) is 0 Å². The number of amides is 1. The van der Waals surface area contributed by atoms with Gasteiger partial charge in [-0.1, -0.05) is 6.07 Å². The first-order valence-electron chi connectivity index (χ1n) is 5.23. The lowest BCUT2D eigenvalue weighted by Gasteiger charge is -2.17. The Morgan fingerprint density at radius 3 is 2.82 bits per heavy atom. The van der Waals surface area contributed by atoms with E-state index in [0.717, 1.165) is 6.07 Å². The Morgan fingerprint density at radius 1 is 1.53 bits per heavy atom. The fraction of sp³-hybridized carbons (Fsp3) is 0.455. The van der Waals surface area contributed by atoms with Crippen molar-refractivity contribution in [2.24, 2.45) is 0 Å². The maximum Gasteiger partial charge on any atom is 0.216 e. The fourth-order valence-electron chi connectivity index (χ4n) is 1.34. The molecule has 17 heavy (non-hydrogen) atoms. The third kappa shape index (κ3) is 4.46. The molecule has 0 aliphatic heterocycles. The number of hydrogen-bond donors (Lipinski definition) is 3. The third-order valence-electron chi connectivity index (χ3n) is 2.22. The van der Waals surface area contributed by atoms with Crippen LogP contribution < -0.4 is 5.32 Å². The minimum Gasteiger partial charge on any atom is -0.390 e. The Labute approximate surface area is 98.3 Å². The van der Waals surface area contributed by atoms with Gasteiger partial charge in [-0.3, -0.25) is 4.79 Å². The van der Waals surface area contributed by atoms with Gasteiger partial charge in [0.05, 0.1) is 11.8 Å². The molecule has 0 aliphatic carbocycles. The van der Waals surface area contributed by atoms with Crippen LogP contribution >= 0.6 is 0 Å². The molecule has 0 radical (unpaired) electrons. The van der Waals surface area contributed by atoms with Crippen LogP contribution in [0.25, 0.3) is 0 Å². The minimum absolute atomic E-state index is 0.0697. The average Bonchev–Trinajstić information content (AvgIpc) is 2.27. The molecule has 2 unspecified atom stereocenters. The second kappa shape index (κ2) is 6.27. The SMILES string of the molecule is CC(=O)NCCC(O)C(O)c1cccc(F)n1. The summed E-state index contributed by atoms with van der Waals surface area (Å²) in [6.45, 7) is 1.60. The summed E-state index contributed by atoms with van der Waals surface area (Å²) in [5.41, 5.74) is 0.0697. The predicted octanol–water partition coefficient (Wildman–Crippen LogP) is 0.141. The number of rotatable bonds is 5. The Morgan fingerprint density at radius 2 is 2.24 bits per heavy atom. The highest BCUT2D eigenvalue weighted by Crippen LogP contribution is 2.16. The lowest BCUT2D eigenvalue weighted by molar-refractivity contribution is -0.119. The molecule has 1 amide bonds. The second-order valence-electron chi connectivity index (χ2n) is 3.67. The van der Waals surface area contributed by atoms with Gasteiger partial charge in [0.15, 0.2) is 0 Å². The van der Waals surface area contributed by atoms with E-state index in [1.807, 2.05) is 0 Å². The van der Waals surface area contributed by atoms with E-state index in [9.17, 15) is 19.4 Å². The average molecular weight is 242 g/mol. The molecule has 1 heterocycles. The second-order valence-corrected chi connectivity index (χ2v) is 3.67. The van der Waals surface area contributed by atoms with Gasteiger partial charge >= 0.3 is 0 Å². The number of aliphatic hydroxyl groups excluding tert-OH is 2. The molecule has 94 valence electrons. The molecule has 5 nitrogen and oxygen atoms in total. The zero-order chi connectivity index (χ0) is 12.8. The van der Waals surface area contributed by atoms with Gasteiger partial charge < -0.3 is 15.5 Å². The molecule has 0 saturated heterocycles. The number of carbonyl (C=O) groups is 1. The minimum atomic E-state index is -1.26. The number of aromatic nitrogens is 1. The Kier molecular flexibility index (Phi) is 4.99. The standard InChI is InChI=1S/C11H15FN2O3/c1-7(15)13-6-5-9(16)11(17)8-3-2-4-10(12)14-8/h2-4,9,11,16-17H,5-6H2,1H3,(H,13,15). The molecule has 0 bridgehead atoms. The summed E-state index contributed by atoms with van der Waals surface area (Å²) in [6, 6.07) is 3.98. The zero-order valence-electron chi connectivity index (χ0n) is 9.43. The van der Waals surface area contributed by atoms with Crippen molar-refractivity contribution in [1.29, 1.82) is 0 Å². The Bertz CT molecular complexity index is 387. The van der Waals surface area contributed by atoms with Crippen LogP contribution in [-0.2, 0) is 4.79 Å². The first-order valence-corrected chi connectivity index (χ1v) is 5.23. The smallest absolute Gasteiger partial charge is 0.216 e. The van der Waals surface area contributed by atoms with Gasteiger partial charge in [0.25, 0.3) is 0 Å². The first kappa shape index (κ1) is 13.5. The van der Waals surface area contributed by atoms with E-state index in [-0.39, 0.29) is 24.6 Å². The van der Waals surface area contributed by atoms with Crippen molar-refractivity contribution in [2.45, 2.75) is 25.6 Å². The normalized spacial score (nSPS) is 14.1. The summed E-state index contributed by atoms with van der Waals surface area (Å²) in [5.74, 6) is -0.925. The summed E-state index contributed by atoms with van der Waals surface area (Å²) < 4.78 is 12.8. The number of hydrogen-bond acceptors (Lipinski definition) is 4. The van der Waals surface area contributed by atoms with Crippen molar-refractivity contribution in [3.05, 3.63) is 29.8 Å². The van der Waals surface area contributed by atoms with Gasteiger partial charge in [-0.25, -0.2) is 4.98 Å². The van der Waals surface area contributed by atoms with Crippen molar-refractivity contribution < 1.29 is 19.4 Å².